The van der Waals surface area contributed by atoms with Crippen LogP contribution in [0.3, 0.4) is 0 Å². The van der Waals surface area contributed by atoms with E-state index in [1.54, 1.807) is 7.11 Å². The van der Waals surface area contributed by atoms with Crippen molar-refractivity contribution in [1.82, 2.24) is 0 Å². The van der Waals surface area contributed by atoms with Crippen molar-refractivity contribution in [3.05, 3.63) is 34.3 Å². The van der Waals surface area contributed by atoms with Crippen LogP contribution >= 0.6 is 11.6 Å². The average Bonchev–Trinajstić information content (AvgIpc) is 2.85. The van der Waals surface area contributed by atoms with E-state index in [4.69, 9.17) is 21.1 Å². The second-order valence-electron chi connectivity index (χ2n) is 3.15. The highest BCUT2D eigenvalue weighted by molar-refractivity contribution is 6.30. The Morgan fingerprint density at radius 2 is 2.31 bits per heavy atom. The number of hydrogen-bond donors (Lipinski definition) is 0. The van der Waals surface area contributed by atoms with Gasteiger partial charge in [-0.25, -0.2) is 0 Å². The quantitative estimate of drug-likeness (QED) is 0.697. The highest BCUT2D eigenvalue weighted by atomic mass is 35.5. The third-order valence-electron chi connectivity index (χ3n) is 2.00. The molecule has 1 aromatic rings. The molecule has 1 atom stereocenters. The Morgan fingerprint density at radius 1 is 1.54 bits per heavy atom. The first-order valence-corrected chi connectivity index (χ1v) is 4.57. The molecule has 1 aliphatic rings. The molecule has 2 rings (SSSR count). The van der Waals surface area contributed by atoms with Crippen LogP contribution in [0.1, 0.15) is 17.2 Å². The van der Waals surface area contributed by atoms with Gasteiger partial charge in [0.05, 0.1) is 13.2 Å². The molecule has 0 aliphatic carbocycles. The van der Waals surface area contributed by atoms with Gasteiger partial charge >= 0.3 is 0 Å². The van der Waals surface area contributed by atoms with Crippen molar-refractivity contribution in [3.8, 4) is 0 Å². The number of methoxy groups -OCH3 is 1. The van der Waals surface area contributed by atoms with Crippen molar-refractivity contribution >= 4 is 11.6 Å². The first-order chi connectivity index (χ1) is 6.29. The molecular formula is C10H11ClO2. The highest BCUT2D eigenvalue weighted by Crippen LogP contribution is 2.32. The van der Waals surface area contributed by atoms with Gasteiger partial charge in [0.15, 0.2) is 0 Å². The van der Waals surface area contributed by atoms with Gasteiger partial charge in [-0.1, -0.05) is 17.7 Å². The second kappa shape index (κ2) is 3.66. The van der Waals surface area contributed by atoms with Crippen LogP contribution in [0.2, 0.25) is 5.02 Å². The van der Waals surface area contributed by atoms with Gasteiger partial charge in [0, 0.05) is 12.1 Å². The summed E-state index contributed by atoms with van der Waals surface area (Å²) < 4.78 is 10.2. The molecule has 1 aliphatic heterocycles. The van der Waals surface area contributed by atoms with Crippen LogP contribution in [0.4, 0.5) is 0 Å². The fraction of sp³-hybridized carbons (Fsp3) is 0.400. The lowest BCUT2D eigenvalue weighted by molar-refractivity contribution is 0.185. The Kier molecular flexibility index (Phi) is 2.54. The van der Waals surface area contributed by atoms with E-state index in [0.717, 1.165) is 22.8 Å². The van der Waals surface area contributed by atoms with Gasteiger partial charge in [-0.05, 0) is 23.3 Å². The molecule has 1 aromatic carbocycles. The Bertz CT molecular complexity index is 308. The monoisotopic (exact) mass is 198 g/mol. The summed E-state index contributed by atoms with van der Waals surface area (Å²) in [5, 5.41) is 0.750. The molecule has 1 unspecified atom stereocenters. The lowest BCUT2D eigenvalue weighted by atomic mass is 10.1. The van der Waals surface area contributed by atoms with Gasteiger partial charge in [-0.2, -0.15) is 0 Å². The van der Waals surface area contributed by atoms with Gasteiger partial charge in [0.1, 0.15) is 6.10 Å². The minimum absolute atomic E-state index is 0.259. The Morgan fingerprint density at radius 3 is 2.92 bits per heavy atom. The summed E-state index contributed by atoms with van der Waals surface area (Å²) in [4.78, 5) is 0. The minimum atomic E-state index is 0.259. The summed E-state index contributed by atoms with van der Waals surface area (Å²) in [5.74, 6) is 0. The van der Waals surface area contributed by atoms with Crippen molar-refractivity contribution in [2.45, 2.75) is 12.7 Å². The van der Waals surface area contributed by atoms with Crippen LogP contribution < -0.4 is 0 Å². The van der Waals surface area contributed by atoms with Gasteiger partial charge < -0.3 is 9.47 Å². The average molecular weight is 199 g/mol. The summed E-state index contributed by atoms with van der Waals surface area (Å²) in [5.41, 5.74) is 2.25. The fourth-order valence-electron chi connectivity index (χ4n) is 1.35. The maximum Gasteiger partial charge on any atom is 0.106 e. The summed E-state index contributed by atoms with van der Waals surface area (Å²) in [7, 11) is 1.67. The molecule has 0 N–H and O–H groups in total. The van der Waals surface area contributed by atoms with Gasteiger partial charge in [0.2, 0.25) is 0 Å². The van der Waals surface area contributed by atoms with Crippen molar-refractivity contribution < 1.29 is 9.47 Å². The van der Waals surface area contributed by atoms with Crippen LogP contribution in [-0.4, -0.2) is 13.7 Å². The topological polar surface area (TPSA) is 21.8 Å². The molecule has 2 nitrogen and oxygen atoms in total. The molecular weight excluding hydrogens is 188 g/mol. The maximum absolute atomic E-state index is 5.95. The third kappa shape index (κ3) is 2.21. The van der Waals surface area contributed by atoms with Crippen molar-refractivity contribution in [2.75, 3.05) is 13.7 Å². The first-order valence-electron chi connectivity index (χ1n) is 4.19. The molecule has 3 heteroatoms. The van der Waals surface area contributed by atoms with E-state index in [2.05, 4.69) is 6.07 Å². The Balaban J connectivity index is 2.25. The standard InChI is InChI=1S/C10H11ClO2/c1-12-5-7-2-8(10-6-13-10)4-9(11)3-7/h2-4,10H,5-6H2,1H3. The lowest BCUT2D eigenvalue weighted by Gasteiger charge is -2.03. The molecule has 0 aromatic heterocycles. The smallest absolute Gasteiger partial charge is 0.106 e. The number of epoxide rings is 1. The Labute approximate surface area is 82.4 Å². The molecule has 0 amide bonds. The van der Waals surface area contributed by atoms with Crippen LogP contribution in [0.5, 0.6) is 0 Å². The van der Waals surface area contributed by atoms with Crippen LogP contribution in [0.15, 0.2) is 18.2 Å². The predicted octanol–water partition coefficient (Wildman–Crippen LogP) is 2.56. The normalized spacial score (nSPS) is 20.3. The molecule has 0 radical (unpaired) electrons. The molecule has 0 bridgehead atoms. The van der Waals surface area contributed by atoms with Crippen LogP contribution in [0.25, 0.3) is 0 Å². The number of hydrogen-bond acceptors (Lipinski definition) is 2. The predicted molar refractivity (Wildman–Crippen MR) is 50.9 cm³/mol. The number of halogens is 1. The van der Waals surface area contributed by atoms with E-state index < -0.39 is 0 Å². The van der Waals surface area contributed by atoms with Crippen LogP contribution in [-0.2, 0) is 16.1 Å². The van der Waals surface area contributed by atoms with E-state index in [9.17, 15) is 0 Å². The Hall–Kier alpha value is -0.570. The summed E-state index contributed by atoms with van der Waals surface area (Å²) in [6.45, 7) is 1.41. The van der Waals surface area contributed by atoms with Crippen LogP contribution in [0, 0.1) is 0 Å². The van der Waals surface area contributed by atoms with Crippen molar-refractivity contribution in [2.24, 2.45) is 0 Å². The molecule has 0 saturated carbocycles. The molecule has 1 heterocycles. The minimum Gasteiger partial charge on any atom is -0.380 e. The highest BCUT2D eigenvalue weighted by Gasteiger charge is 2.25. The molecule has 1 saturated heterocycles. The van der Waals surface area contributed by atoms with Crippen molar-refractivity contribution in [1.29, 1.82) is 0 Å². The number of benzene rings is 1. The zero-order valence-electron chi connectivity index (χ0n) is 7.42. The first kappa shape index (κ1) is 9.00. The van der Waals surface area contributed by atoms with Gasteiger partial charge in [-0.3, -0.25) is 0 Å². The van der Waals surface area contributed by atoms with E-state index in [-0.39, 0.29) is 6.10 Å². The maximum atomic E-state index is 5.95. The van der Waals surface area contributed by atoms with E-state index in [0.29, 0.717) is 6.61 Å². The zero-order valence-corrected chi connectivity index (χ0v) is 8.17. The third-order valence-corrected chi connectivity index (χ3v) is 2.21. The molecule has 70 valence electrons. The number of ether oxygens (including phenoxy) is 2. The van der Waals surface area contributed by atoms with E-state index in [1.807, 2.05) is 12.1 Å². The second-order valence-corrected chi connectivity index (χ2v) is 3.58. The van der Waals surface area contributed by atoms with Gasteiger partial charge in [0.25, 0.3) is 0 Å². The summed E-state index contributed by atoms with van der Waals surface area (Å²) in [6.07, 6.45) is 0.259. The fourth-order valence-corrected chi connectivity index (χ4v) is 1.62. The molecule has 0 spiro atoms. The van der Waals surface area contributed by atoms with E-state index in [1.165, 1.54) is 0 Å². The molecule has 1 fully saturated rings. The summed E-state index contributed by atoms with van der Waals surface area (Å²) in [6, 6.07) is 5.93. The number of rotatable bonds is 3. The lowest BCUT2D eigenvalue weighted by Crippen LogP contribution is -1.90. The zero-order chi connectivity index (χ0) is 9.26. The van der Waals surface area contributed by atoms with Crippen molar-refractivity contribution in [3.63, 3.8) is 0 Å². The molecule has 13 heavy (non-hydrogen) atoms. The van der Waals surface area contributed by atoms with E-state index >= 15 is 0 Å². The van der Waals surface area contributed by atoms with Gasteiger partial charge in [-0.15, -0.1) is 0 Å². The summed E-state index contributed by atoms with van der Waals surface area (Å²) >= 11 is 5.95. The SMILES string of the molecule is COCc1cc(Cl)cc(C2CO2)c1. The largest absolute Gasteiger partial charge is 0.380 e.